The Labute approximate surface area is 147 Å². The van der Waals surface area contributed by atoms with Gasteiger partial charge in [0.2, 0.25) is 5.79 Å². The van der Waals surface area contributed by atoms with Gasteiger partial charge in [-0.3, -0.25) is 9.63 Å². The molecule has 3 saturated heterocycles. The van der Waals surface area contributed by atoms with Gasteiger partial charge >= 0.3 is 0 Å². The van der Waals surface area contributed by atoms with Crippen molar-refractivity contribution in [3.8, 4) is 0 Å². The maximum Gasteiger partial charge on any atom is 0.251 e. The van der Waals surface area contributed by atoms with Crippen LogP contribution in [0.15, 0.2) is 0 Å². The molecule has 0 bridgehead atoms. The van der Waals surface area contributed by atoms with Gasteiger partial charge < -0.3 is 28.8 Å². The van der Waals surface area contributed by atoms with Gasteiger partial charge in [-0.05, 0) is 27.7 Å². The van der Waals surface area contributed by atoms with E-state index < -0.39 is 47.7 Å². The molecule has 1 N–H and O–H groups in total. The third-order valence-electron chi connectivity index (χ3n) is 4.66. The maximum atomic E-state index is 12.2. The van der Waals surface area contributed by atoms with Crippen LogP contribution in [0.2, 0.25) is 0 Å². The van der Waals surface area contributed by atoms with Crippen LogP contribution in [0.1, 0.15) is 34.1 Å². The zero-order valence-electron chi connectivity index (χ0n) is 15.5. The molecule has 1 unspecified atom stereocenters. The highest BCUT2D eigenvalue weighted by Gasteiger charge is 2.65. The molecule has 3 aliphatic heterocycles. The number of nitrogens with zero attached hydrogens (tertiary/aromatic N) is 1. The fraction of sp³-hybridized carbons (Fsp3) is 0.938. The molecule has 3 heterocycles. The molecule has 1 amide bonds. The summed E-state index contributed by atoms with van der Waals surface area (Å²) in [5, 5.41) is 12.1. The van der Waals surface area contributed by atoms with Crippen molar-refractivity contribution >= 4 is 5.91 Å². The van der Waals surface area contributed by atoms with E-state index >= 15 is 0 Å². The summed E-state index contributed by atoms with van der Waals surface area (Å²) in [4.78, 5) is 17.1. The summed E-state index contributed by atoms with van der Waals surface area (Å²) in [6.45, 7) is 7.41. The summed E-state index contributed by atoms with van der Waals surface area (Å²) >= 11 is 0. The number of fused-ring (bicyclic) bond motifs is 1. The molecule has 0 spiro atoms. The Hall–Kier alpha value is -0.810. The molecule has 9 heteroatoms. The number of hydroxylamine groups is 2. The van der Waals surface area contributed by atoms with Crippen LogP contribution in [0.3, 0.4) is 0 Å². The van der Waals surface area contributed by atoms with Gasteiger partial charge in [0.1, 0.15) is 24.4 Å². The Bertz CT molecular complexity index is 538. The number of ether oxygens (including phenoxy) is 5. The molecule has 9 nitrogen and oxygen atoms in total. The Kier molecular flexibility index (Phi) is 4.64. The number of hydrogen-bond donors (Lipinski definition) is 1. The second-order valence-electron chi connectivity index (χ2n) is 7.57. The lowest BCUT2D eigenvalue weighted by Gasteiger charge is -2.31. The molecule has 3 aliphatic rings. The smallest absolute Gasteiger partial charge is 0.251 e. The number of aliphatic hydroxyl groups is 1. The van der Waals surface area contributed by atoms with Crippen molar-refractivity contribution in [3.05, 3.63) is 0 Å². The van der Waals surface area contributed by atoms with Crippen molar-refractivity contribution in [3.63, 3.8) is 0 Å². The highest BCUT2D eigenvalue weighted by molar-refractivity contribution is 5.75. The normalized spacial score (nSPS) is 41.7. The minimum absolute atomic E-state index is 0.298. The lowest BCUT2D eigenvalue weighted by molar-refractivity contribution is -0.287. The van der Waals surface area contributed by atoms with Gasteiger partial charge in [-0.15, -0.1) is 0 Å². The van der Waals surface area contributed by atoms with E-state index in [1.165, 1.54) is 14.2 Å². The fourth-order valence-electron chi connectivity index (χ4n) is 3.48. The highest BCUT2D eigenvalue weighted by atomic mass is 16.8. The van der Waals surface area contributed by atoms with Crippen LogP contribution in [0.25, 0.3) is 0 Å². The zero-order valence-corrected chi connectivity index (χ0v) is 15.5. The van der Waals surface area contributed by atoms with Crippen molar-refractivity contribution in [2.24, 2.45) is 0 Å². The van der Waals surface area contributed by atoms with Gasteiger partial charge in [0.25, 0.3) is 5.91 Å². The standard InChI is InChI=1S/C16H27NO8/c1-14(2)21-8-9(22-14)11-12-13(25-15(3,4)23-12)16(19,24-11)7-10(18)17(5)20-6/h9,11-13,19H,7-8H2,1-6H3/t9-,11+,12-,13-,16?/m1/s1. The van der Waals surface area contributed by atoms with Crippen molar-refractivity contribution in [2.75, 3.05) is 20.8 Å². The number of hydrogen-bond acceptors (Lipinski definition) is 8. The third-order valence-corrected chi connectivity index (χ3v) is 4.66. The van der Waals surface area contributed by atoms with Gasteiger partial charge in [-0.1, -0.05) is 0 Å². The summed E-state index contributed by atoms with van der Waals surface area (Å²) < 4.78 is 29.1. The van der Waals surface area contributed by atoms with Crippen LogP contribution >= 0.6 is 0 Å². The molecule has 144 valence electrons. The molecule has 0 aromatic rings. The quantitative estimate of drug-likeness (QED) is 0.707. The molecular formula is C16H27NO8. The minimum atomic E-state index is -1.84. The second-order valence-corrected chi connectivity index (χ2v) is 7.57. The van der Waals surface area contributed by atoms with E-state index in [0.29, 0.717) is 6.61 Å². The summed E-state index contributed by atoms with van der Waals surface area (Å²) in [6, 6.07) is 0. The minimum Gasteiger partial charge on any atom is -0.363 e. The molecule has 3 rings (SSSR count). The van der Waals surface area contributed by atoms with Gasteiger partial charge in [0.15, 0.2) is 11.6 Å². The highest BCUT2D eigenvalue weighted by Crippen LogP contribution is 2.47. The van der Waals surface area contributed by atoms with E-state index in [0.717, 1.165) is 5.06 Å². The van der Waals surface area contributed by atoms with Crippen LogP contribution in [-0.2, 0) is 33.3 Å². The van der Waals surface area contributed by atoms with Crippen LogP contribution in [0.4, 0.5) is 0 Å². The number of rotatable bonds is 4. The first-order valence-electron chi connectivity index (χ1n) is 8.35. The maximum absolute atomic E-state index is 12.2. The van der Waals surface area contributed by atoms with Crippen molar-refractivity contribution < 1.29 is 38.4 Å². The Morgan fingerprint density at radius 2 is 1.80 bits per heavy atom. The second kappa shape index (κ2) is 6.12. The lowest BCUT2D eigenvalue weighted by atomic mass is 10.00. The molecule has 25 heavy (non-hydrogen) atoms. The van der Waals surface area contributed by atoms with Gasteiger partial charge in [0, 0.05) is 7.05 Å². The molecular weight excluding hydrogens is 334 g/mol. The first-order valence-corrected chi connectivity index (χ1v) is 8.35. The predicted octanol–water partition coefficient (Wildman–Crippen LogP) is 0.155. The molecule has 5 atom stereocenters. The summed E-state index contributed by atoms with van der Waals surface area (Å²) in [7, 11) is 2.83. The van der Waals surface area contributed by atoms with E-state index in [-0.39, 0.29) is 6.42 Å². The van der Waals surface area contributed by atoms with E-state index in [1.807, 2.05) is 0 Å². The van der Waals surface area contributed by atoms with Crippen molar-refractivity contribution in [1.29, 1.82) is 0 Å². The summed E-state index contributed by atoms with van der Waals surface area (Å²) in [5.41, 5.74) is 0. The third kappa shape index (κ3) is 3.55. The average molecular weight is 361 g/mol. The summed E-state index contributed by atoms with van der Waals surface area (Å²) in [6.07, 6.45) is -2.80. The van der Waals surface area contributed by atoms with Crippen LogP contribution in [-0.4, -0.2) is 78.6 Å². The zero-order chi connectivity index (χ0) is 18.6. The Balaban J connectivity index is 1.82. The fourth-order valence-corrected chi connectivity index (χ4v) is 3.48. The predicted molar refractivity (Wildman–Crippen MR) is 82.9 cm³/mol. The molecule has 3 fully saturated rings. The van der Waals surface area contributed by atoms with Gasteiger partial charge in [0.05, 0.1) is 20.1 Å². The lowest BCUT2D eigenvalue weighted by Crippen LogP contribution is -2.47. The Morgan fingerprint density at radius 1 is 1.12 bits per heavy atom. The van der Waals surface area contributed by atoms with E-state index in [9.17, 15) is 9.90 Å². The molecule has 0 aromatic carbocycles. The van der Waals surface area contributed by atoms with Crippen LogP contribution < -0.4 is 0 Å². The van der Waals surface area contributed by atoms with E-state index in [4.69, 9.17) is 28.5 Å². The SMILES string of the molecule is CON(C)C(=O)CC1(O)O[C@@H]([C@H]2COC(C)(C)O2)[C@H]2OC(C)(C)O[C@H]21. The summed E-state index contributed by atoms with van der Waals surface area (Å²) in [5.74, 6) is -3.94. The Morgan fingerprint density at radius 3 is 2.36 bits per heavy atom. The molecule has 0 aliphatic carbocycles. The number of amides is 1. The van der Waals surface area contributed by atoms with Crippen molar-refractivity contribution in [2.45, 2.75) is 75.9 Å². The van der Waals surface area contributed by atoms with E-state index in [2.05, 4.69) is 0 Å². The molecule has 0 saturated carbocycles. The van der Waals surface area contributed by atoms with Crippen LogP contribution in [0.5, 0.6) is 0 Å². The van der Waals surface area contributed by atoms with Crippen LogP contribution in [0, 0.1) is 0 Å². The first-order chi connectivity index (χ1) is 11.5. The molecule has 0 aromatic heterocycles. The van der Waals surface area contributed by atoms with E-state index in [1.54, 1.807) is 27.7 Å². The van der Waals surface area contributed by atoms with Gasteiger partial charge in [-0.2, -0.15) is 0 Å². The number of carbonyl (C=O) groups is 1. The molecule has 0 radical (unpaired) electrons. The monoisotopic (exact) mass is 361 g/mol. The number of carbonyl (C=O) groups excluding carboxylic acids is 1. The first kappa shape index (κ1) is 19.0. The average Bonchev–Trinajstić information content (AvgIpc) is 3.09. The van der Waals surface area contributed by atoms with Crippen molar-refractivity contribution in [1.82, 2.24) is 5.06 Å². The largest absolute Gasteiger partial charge is 0.363 e. The topological polar surface area (TPSA) is 95.9 Å². The van der Waals surface area contributed by atoms with Gasteiger partial charge in [-0.25, -0.2) is 5.06 Å².